The zero-order valence-electron chi connectivity index (χ0n) is 11.8. The van der Waals surface area contributed by atoms with Crippen molar-refractivity contribution in [1.82, 2.24) is 4.31 Å². The molecule has 5 heteroatoms. The Morgan fingerprint density at radius 1 is 1.42 bits per heavy atom. The fourth-order valence-electron chi connectivity index (χ4n) is 2.32. The van der Waals surface area contributed by atoms with E-state index >= 15 is 0 Å². The van der Waals surface area contributed by atoms with Gasteiger partial charge in [0.15, 0.2) is 0 Å². The summed E-state index contributed by atoms with van der Waals surface area (Å²) in [6.45, 7) is 4.31. The largest absolute Gasteiger partial charge is 0.326 e. The van der Waals surface area contributed by atoms with Crippen LogP contribution in [0.5, 0.6) is 0 Å². The van der Waals surface area contributed by atoms with Crippen LogP contribution in [0, 0.1) is 12.8 Å². The predicted molar refractivity (Wildman–Crippen MR) is 76.2 cm³/mol. The zero-order valence-corrected chi connectivity index (χ0v) is 12.6. The average Bonchev–Trinajstić information content (AvgIpc) is 3.21. The number of hydrogen-bond donors (Lipinski definition) is 1. The van der Waals surface area contributed by atoms with Gasteiger partial charge in [-0.3, -0.25) is 0 Å². The van der Waals surface area contributed by atoms with Gasteiger partial charge in [-0.15, -0.1) is 0 Å². The average molecular weight is 282 g/mol. The lowest BCUT2D eigenvalue weighted by Crippen LogP contribution is -2.36. The fourth-order valence-corrected chi connectivity index (χ4v) is 3.83. The first-order valence-corrected chi connectivity index (χ1v) is 8.09. The molecule has 0 spiro atoms. The fraction of sp³-hybridized carbons (Fsp3) is 0.571. The van der Waals surface area contributed by atoms with Crippen molar-refractivity contribution in [3.05, 3.63) is 29.3 Å². The molecule has 1 unspecified atom stereocenters. The Morgan fingerprint density at radius 2 is 2.05 bits per heavy atom. The van der Waals surface area contributed by atoms with E-state index in [1.54, 1.807) is 25.2 Å². The first-order valence-electron chi connectivity index (χ1n) is 6.65. The number of nitrogens with two attached hydrogens (primary N) is 1. The lowest BCUT2D eigenvalue weighted by molar-refractivity contribution is 0.357. The van der Waals surface area contributed by atoms with Crippen molar-refractivity contribution in [3.63, 3.8) is 0 Å². The van der Waals surface area contributed by atoms with E-state index in [1.807, 2.05) is 13.8 Å². The highest BCUT2D eigenvalue weighted by Gasteiger charge is 2.36. The van der Waals surface area contributed by atoms with Crippen LogP contribution in [0.4, 0.5) is 0 Å². The van der Waals surface area contributed by atoms with E-state index in [4.69, 9.17) is 5.73 Å². The number of aryl methyl sites for hydroxylation is 1. The predicted octanol–water partition coefficient (Wildman–Crippen LogP) is 1.87. The molecule has 1 aliphatic carbocycles. The Bertz CT molecular complexity index is 565. The maximum Gasteiger partial charge on any atom is 0.243 e. The summed E-state index contributed by atoms with van der Waals surface area (Å²) < 4.78 is 26.6. The van der Waals surface area contributed by atoms with Gasteiger partial charge in [0.2, 0.25) is 10.0 Å². The highest BCUT2D eigenvalue weighted by atomic mass is 32.2. The maximum atomic E-state index is 12.6. The first kappa shape index (κ1) is 14.5. The lowest BCUT2D eigenvalue weighted by Gasteiger charge is -2.24. The van der Waals surface area contributed by atoms with Crippen molar-refractivity contribution < 1.29 is 8.42 Å². The normalized spacial score (nSPS) is 17.7. The van der Waals surface area contributed by atoms with E-state index in [2.05, 4.69) is 0 Å². The number of benzene rings is 1. The van der Waals surface area contributed by atoms with Gasteiger partial charge < -0.3 is 5.73 Å². The van der Waals surface area contributed by atoms with E-state index in [1.165, 1.54) is 4.31 Å². The van der Waals surface area contributed by atoms with Gasteiger partial charge in [-0.2, -0.15) is 4.31 Å². The topological polar surface area (TPSA) is 63.4 Å². The third-order valence-corrected chi connectivity index (χ3v) is 6.03. The molecule has 0 saturated heterocycles. The molecule has 0 radical (unpaired) electrons. The molecular weight excluding hydrogens is 260 g/mol. The monoisotopic (exact) mass is 282 g/mol. The molecule has 1 aromatic rings. The minimum atomic E-state index is -3.40. The van der Waals surface area contributed by atoms with Crippen LogP contribution in [0.2, 0.25) is 0 Å². The number of nitrogens with zero attached hydrogens (tertiary/aromatic N) is 1. The van der Waals surface area contributed by atoms with Gasteiger partial charge >= 0.3 is 0 Å². The molecule has 1 atom stereocenters. The molecule has 1 saturated carbocycles. The molecule has 2 N–H and O–H groups in total. The molecule has 0 bridgehead atoms. The summed E-state index contributed by atoms with van der Waals surface area (Å²) in [5, 5.41) is 0. The molecule has 0 aliphatic heterocycles. The molecule has 0 aromatic heterocycles. The van der Waals surface area contributed by atoms with Gasteiger partial charge in [0.1, 0.15) is 0 Å². The summed E-state index contributed by atoms with van der Waals surface area (Å²) in [6.07, 6.45) is 2.26. The van der Waals surface area contributed by atoms with Crippen LogP contribution in [0.25, 0.3) is 0 Å². The molecule has 1 aliphatic rings. The van der Waals surface area contributed by atoms with Crippen molar-refractivity contribution in [3.8, 4) is 0 Å². The molecule has 19 heavy (non-hydrogen) atoms. The van der Waals surface area contributed by atoms with E-state index < -0.39 is 10.0 Å². The Kier molecular flexibility index (Phi) is 3.99. The van der Waals surface area contributed by atoms with Gasteiger partial charge in [-0.1, -0.05) is 6.07 Å². The van der Waals surface area contributed by atoms with E-state index in [0.29, 0.717) is 17.4 Å². The summed E-state index contributed by atoms with van der Waals surface area (Å²) in [5.74, 6) is 0.518. The van der Waals surface area contributed by atoms with Crippen LogP contribution < -0.4 is 5.73 Å². The van der Waals surface area contributed by atoms with Crippen LogP contribution in [-0.2, 0) is 16.6 Å². The van der Waals surface area contributed by atoms with Gasteiger partial charge in [-0.05, 0) is 55.9 Å². The summed E-state index contributed by atoms with van der Waals surface area (Å²) in [6, 6.07) is 5.24. The molecule has 106 valence electrons. The molecule has 0 amide bonds. The molecule has 4 nitrogen and oxygen atoms in total. The Balaban J connectivity index is 2.30. The SMILES string of the molecule is Cc1cc(S(=O)(=O)N(C)C(C)C2CC2)ccc1CN. The van der Waals surface area contributed by atoms with Crippen LogP contribution in [-0.4, -0.2) is 25.8 Å². The van der Waals surface area contributed by atoms with E-state index in [0.717, 1.165) is 24.0 Å². The summed E-state index contributed by atoms with van der Waals surface area (Å²) >= 11 is 0. The molecular formula is C14H22N2O2S. The smallest absolute Gasteiger partial charge is 0.243 e. The maximum absolute atomic E-state index is 12.6. The molecule has 2 rings (SSSR count). The standard InChI is InChI=1S/C14H22N2O2S/c1-10-8-14(7-6-13(10)9-15)19(17,18)16(3)11(2)12-4-5-12/h6-8,11-12H,4-5,9,15H2,1-3H3. The Morgan fingerprint density at radius 3 is 2.53 bits per heavy atom. The third-order valence-electron chi connectivity index (χ3n) is 4.09. The second kappa shape index (κ2) is 5.23. The summed E-state index contributed by atoms with van der Waals surface area (Å²) in [5.41, 5.74) is 7.52. The quantitative estimate of drug-likeness (QED) is 0.896. The number of hydrogen-bond acceptors (Lipinski definition) is 3. The molecule has 1 fully saturated rings. The van der Waals surface area contributed by atoms with Crippen molar-refractivity contribution in [2.75, 3.05) is 7.05 Å². The minimum Gasteiger partial charge on any atom is -0.326 e. The van der Waals surface area contributed by atoms with Crippen LogP contribution in [0.15, 0.2) is 23.1 Å². The minimum absolute atomic E-state index is 0.0690. The third kappa shape index (κ3) is 2.83. The van der Waals surface area contributed by atoms with Crippen LogP contribution >= 0.6 is 0 Å². The first-order chi connectivity index (χ1) is 8.87. The second-order valence-electron chi connectivity index (χ2n) is 5.39. The number of sulfonamides is 1. The Labute approximate surface area is 115 Å². The van der Waals surface area contributed by atoms with Crippen LogP contribution in [0.3, 0.4) is 0 Å². The zero-order chi connectivity index (χ0) is 14.2. The van der Waals surface area contributed by atoms with Crippen molar-refractivity contribution in [1.29, 1.82) is 0 Å². The van der Waals surface area contributed by atoms with Crippen molar-refractivity contribution in [2.45, 2.75) is 44.2 Å². The van der Waals surface area contributed by atoms with Gasteiger partial charge in [0.25, 0.3) is 0 Å². The van der Waals surface area contributed by atoms with Crippen LogP contribution in [0.1, 0.15) is 30.9 Å². The molecule has 0 heterocycles. The van der Waals surface area contributed by atoms with Crippen molar-refractivity contribution >= 4 is 10.0 Å². The van der Waals surface area contributed by atoms with Gasteiger partial charge in [0, 0.05) is 19.6 Å². The highest BCUT2D eigenvalue weighted by molar-refractivity contribution is 7.89. The lowest BCUT2D eigenvalue weighted by atomic mass is 10.1. The van der Waals surface area contributed by atoms with Crippen molar-refractivity contribution in [2.24, 2.45) is 11.7 Å². The summed E-state index contributed by atoms with van der Waals surface area (Å²) in [7, 11) is -1.73. The summed E-state index contributed by atoms with van der Waals surface area (Å²) in [4.78, 5) is 0.359. The van der Waals surface area contributed by atoms with E-state index in [9.17, 15) is 8.42 Å². The number of rotatable bonds is 5. The van der Waals surface area contributed by atoms with E-state index in [-0.39, 0.29) is 6.04 Å². The highest BCUT2D eigenvalue weighted by Crippen LogP contribution is 2.36. The Hall–Kier alpha value is -0.910. The van der Waals surface area contributed by atoms with Gasteiger partial charge in [0.05, 0.1) is 4.90 Å². The van der Waals surface area contributed by atoms with Gasteiger partial charge in [-0.25, -0.2) is 8.42 Å². The second-order valence-corrected chi connectivity index (χ2v) is 7.39. The molecule has 1 aromatic carbocycles.